The summed E-state index contributed by atoms with van der Waals surface area (Å²) >= 11 is 0. The molecule has 0 bridgehead atoms. The number of hydrogen-bond acceptors (Lipinski definition) is 3. The van der Waals surface area contributed by atoms with Crippen molar-refractivity contribution in [3.8, 4) is 11.4 Å². The number of aromatic nitrogens is 2. The van der Waals surface area contributed by atoms with Crippen molar-refractivity contribution in [3.63, 3.8) is 0 Å². The average molecular weight is 214 g/mol. The lowest BCUT2D eigenvalue weighted by Gasteiger charge is -1.96. The van der Waals surface area contributed by atoms with Crippen LogP contribution in [0.4, 0.5) is 5.69 Å². The van der Waals surface area contributed by atoms with E-state index in [2.05, 4.69) is 15.0 Å². The Bertz CT molecular complexity index is 548. The van der Waals surface area contributed by atoms with Crippen molar-refractivity contribution in [2.45, 2.75) is 0 Å². The molecular weight excluding hydrogens is 206 g/mol. The van der Waals surface area contributed by atoms with E-state index in [-0.39, 0.29) is 0 Å². The van der Waals surface area contributed by atoms with Crippen LogP contribution < -0.4 is 4.73 Å². The number of azide groups is 1. The van der Waals surface area contributed by atoms with Crippen molar-refractivity contribution in [2.75, 3.05) is 0 Å². The van der Waals surface area contributed by atoms with Crippen LogP contribution >= 0.6 is 0 Å². The standard InChI is InChI=1S/C10H8N5O/c11-14-13-8-4-6-15(16)10(7-8)9-3-1-2-5-12-9/h1-7,16H/q+1. The Morgan fingerprint density at radius 3 is 2.94 bits per heavy atom. The van der Waals surface area contributed by atoms with Crippen molar-refractivity contribution in [3.05, 3.63) is 53.2 Å². The second-order valence-electron chi connectivity index (χ2n) is 3.02. The zero-order valence-electron chi connectivity index (χ0n) is 8.22. The van der Waals surface area contributed by atoms with Gasteiger partial charge in [0.15, 0.2) is 0 Å². The van der Waals surface area contributed by atoms with Gasteiger partial charge in [0, 0.05) is 28.0 Å². The molecule has 0 aliphatic rings. The van der Waals surface area contributed by atoms with Gasteiger partial charge in [0.25, 0.3) is 5.69 Å². The quantitative estimate of drug-likeness (QED) is 0.273. The molecule has 0 fully saturated rings. The molecule has 2 rings (SSSR count). The Morgan fingerprint density at radius 1 is 1.38 bits per heavy atom. The lowest BCUT2D eigenvalue weighted by molar-refractivity contribution is -0.896. The predicted molar refractivity (Wildman–Crippen MR) is 55.9 cm³/mol. The SMILES string of the molecule is [N-]=[N+]=Nc1cc[n+](O)c(-c2ccccn2)c1. The maximum absolute atomic E-state index is 9.60. The number of hydrogen-bond donors (Lipinski definition) is 1. The summed E-state index contributed by atoms with van der Waals surface area (Å²) in [6, 6.07) is 8.40. The number of nitrogens with zero attached hydrogens (tertiary/aromatic N) is 5. The predicted octanol–water partition coefficient (Wildman–Crippen LogP) is 2.22. The van der Waals surface area contributed by atoms with Gasteiger partial charge in [0.05, 0.1) is 5.69 Å². The topological polar surface area (TPSA) is 85.8 Å². The summed E-state index contributed by atoms with van der Waals surface area (Å²) in [6.45, 7) is 0. The lowest BCUT2D eigenvalue weighted by atomic mass is 10.2. The van der Waals surface area contributed by atoms with E-state index in [4.69, 9.17) is 5.53 Å². The lowest BCUT2D eigenvalue weighted by Crippen LogP contribution is -2.32. The van der Waals surface area contributed by atoms with E-state index >= 15 is 0 Å². The van der Waals surface area contributed by atoms with Gasteiger partial charge in [0.2, 0.25) is 6.20 Å². The van der Waals surface area contributed by atoms with E-state index in [1.165, 1.54) is 12.3 Å². The zero-order valence-corrected chi connectivity index (χ0v) is 8.22. The van der Waals surface area contributed by atoms with Crippen molar-refractivity contribution in [1.82, 2.24) is 4.98 Å². The van der Waals surface area contributed by atoms with Gasteiger partial charge >= 0.3 is 0 Å². The molecule has 1 N–H and O–H groups in total. The van der Waals surface area contributed by atoms with Gasteiger partial charge in [-0.05, 0) is 17.7 Å². The molecule has 16 heavy (non-hydrogen) atoms. The first-order valence-corrected chi connectivity index (χ1v) is 4.53. The van der Waals surface area contributed by atoms with Gasteiger partial charge in [-0.15, -0.1) is 0 Å². The summed E-state index contributed by atoms with van der Waals surface area (Å²) in [5, 5.41) is 13.1. The molecule has 0 spiro atoms. The first-order valence-electron chi connectivity index (χ1n) is 4.53. The Labute approximate surface area is 91.0 Å². The molecule has 0 saturated heterocycles. The van der Waals surface area contributed by atoms with E-state index in [9.17, 15) is 5.21 Å². The van der Waals surface area contributed by atoms with Crippen LogP contribution in [0.15, 0.2) is 47.8 Å². The third kappa shape index (κ3) is 1.92. The molecule has 0 aliphatic carbocycles. The van der Waals surface area contributed by atoms with Crippen LogP contribution in [0, 0.1) is 0 Å². The Balaban J connectivity index is 2.56. The first kappa shape index (κ1) is 9.95. The Kier molecular flexibility index (Phi) is 2.67. The fourth-order valence-corrected chi connectivity index (χ4v) is 1.30. The molecule has 0 saturated carbocycles. The molecule has 0 atom stereocenters. The van der Waals surface area contributed by atoms with Crippen LogP contribution in [0.2, 0.25) is 0 Å². The second-order valence-corrected chi connectivity index (χ2v) is 3.02. The van der Waals surface area contributed by atoms with E-state index in [0.29, 0.717) is 17.1 Å². The summed E-state index contributed by atoms with van der Waals surface area (Å²) < 4.78 is 0.929. The molecule has 2 aromatic heterocycles. The third-order valence-electron chi connectivity index (χ3n) is 2.01. The van der Waals surface area contributed by atoms with Gasteiger partial charge in [-0.1, -0.05) is 11.2 Å². The largest absolute Gasteiger partial charge is 0.284 e. The molecule has 0 unspecified atom stereocenters. The highest BCUT2D eigenvalue weighted by Gasteiger charge is 2.13. The monoisotopic (exact) mass is 214 g/mol. The van der Waals surface area contributed by atoms with Gasteiger partial charge < -0.3 is 0 Å². The third-order valence-corrected chi connectivity index (χ3v) is 2.01. The van der Waals surface area contributed by atoms with Gasteiger partial charge in [-0.2, -0.15) is 0 Å². The number of rotatable bonds is 2. The van der Waals surface area contributed by atoms with Crippen LogP contribution in [0.3, 0.4) is 0 Å². The first-order chi connectivity index (χ1) is 7.81. The average Bonchev–Trinajstić information content (AvgIpc) is 2.33. The van der Waals surface area contributed by atoms with Crippen molar-refractivity contribution in [1.29, 1.82) is 0 Å². The summed E-state index contributed by atoms with van der Waals surface area (Å²) in [5.74, 6) is 0. The van der Waals surface area contributed by atoms with Crippen LogP contribution in [0.5, 0.6) is 0 Å². The summed E-state index contributed by atoms with van der Waals surface area (Å²) in [6.07, 6.45) is 3.02. The van der Waals surface area contributed by atoms with Crippen molar-refractivity contribution in [2.24, 2.45) is 5.11 Å². The zero-order chi connectivity index (χ0) is 11.4. The minimum absolute atomic E-state index is 0.424. The van der Waals surface area contributed by atoms with Crippen molar-refractivity contribution < 1.29 is 9.94 Å². The maximum atomic E-state index is 9.60. The van der Waals surface area contributed by atoms with Crippen LogP contribution in [0.25, 0.3) is 21.8 Å². The van der Waals surface area contributed by atoms with E-state index in [0.717, 1.165) is 4.73 Å². The summed E-state index contributed by atoms with van der Waals surface area (Å²) in [7, 11) is 0. The molecule has 0 amide bonds. The van der Waals surface area contributed by atoms with E-state index in [1.807, 2.05) is 6.07 Å². The van der Waals surface area contributed by atoms with E-state index < -0.39 is 0 Å². The molecule has 6 heteroatoms. The van der Waals surface area contributed by atoms with Gasteiger partial charge in [-0.3, -0.25) is 5.21 Å². The Morgan fingerprint density at radius 2 is 2.25 bits per heavy atom. The highest BCUT2D eigenvalue weighted by Crippen LogP contribution is 2.18. The Hall–Kier alpha value is -2.59. The van der Waals surface area contributed by atoms with Gasteiger partial charge in [0.1, 0.15) is 5.69 Å². The molecule has 0 aromatic carbocycles. The molecule has 0 aliphatic heterocycles. The maximum Gasteiger partial charge on any atom is 0.283 e. The molecule has 2 heterocycles. The fraction of sp³-hybridized carbons (Fsp3) is 0. The molecular formula is C10H8N5O+. The normalized spacial score (nSPS) is 9.50. The molecule has 0 radical (unpaired) electrons. The van der Waals surface area contributed by atoms with Crippen molar-refractivity contribution >= 4 is 5.69 Å². The van der Waals surface area contributed by atoms with Crippen LogP contribution in [-0.4, -0.2) is 10.2 Å². The van der Waals surface area contributed by atoms with Gasteiger partial charge in [-0.25, -0.2) is 4.98 Å². The molecule has 78 valence electrons. The molecule has 2 aromatic rings. The minimum Gasteiger partial charge on any atom is -0.284 e. The van der Waals surface area contributed by atoms with Crippen LogP contribution in [0.1, 0.15) is 0 Å². The smallest absolute Gasteiger partial charge is 0.283 e. The minimum atomic E-state index is 0.424. The highest BCUT2D eigenvalue weighted by molar-refractivity contribution is 5.55. The summed E-state index contributed by atoms with van der Waals surface area (Å²) in [4.78, 5) is 6.78. The second kappa shape index (κ2) is 4.29. The highest BCUT2D eigenvalue weighted by atomic mass is 16.5. The van der Waals surface area contributed by atoms with E-state index in [1.54, 1.807) is 24.4 Å². The number of pyridine rings is 2. The van der Waals surface area contributed by atoms with Crippen LogP contribution in [-0.2, 0) is 0 Å². The fourth-order valence-electron chi connectivity index (χ4n) is 1.30. The molecule has 6 nitrogen and oxygen atoms in total. The summed E-state index contributed by atoms with van der Waals surface area (Å²) in [5.41, 5.74) is 9.81.